The molecule has 1 fully saturated rings. The van der Waals surface area contributed by atoms with E-state index in [0.717, 1.165) is 19.3 Å². The number of hydrogen-bond donors (Lipinski definition) is 1. The average Bonchev–Trinajstić information content (AvgIpc) is 2.70. The van der Waals surface area contributed by atoms with Crippen molar-refractivity contribution < 1.29 is 19.4 Å². The third-order valence-corrected chi connectivity index (χ3v) is 3.13. The van der Waals surface area contributed by atoms with Crippen molar-refractivity contribution >= 4 is 5.97 Å². The fourth-order valence-corrected chi connectivity index (χ4v) is 2.14. The molecule has 0 aliphatic carbocycles. The van der Waals surface area contributed by atoms with Crippen LogP contribution in [-0.4, -0.2) is 36.0 Å². The smallest absolute Gasteiger partial charge is 0.305 e. The second-order valence-corrected chi connectivity index (χ2v) is 4.72. The molecule has 4 heteroatoms. The van der Waals surface area contributed by atoms with Crippen LogP contribution in [0.2, 0.25) is 0 Å². The van der Waals surface area contributed by atoms with Crippen molar-refractivity contribution in [2.75, 3.05) is 6.61 Å². The van der Waals surface area contributed by atoms with Gasteiger partial charge in [0.25, 0.3) is 0 Å². The summed E-state index contributed by atoms with van der Waals surface area (Å²) in [4.78, 5) is 11.1. The number of esters is 1. The normalized spacial score (nSPS) is 25.8. The maximum atomic E-state index is 11.1. The van der Waals surface area contributed by atoms with Gasteiger partial charge in [-0.05, 0) is 46.0 Å². The van der Waals surface area contributed by atoms with Gasteiger partial charge in [-0.1, -0.05) is 0 Å². The Morgan fingerprint density at radius 3 is 2.82 bits per heavy atom. The van der Waals surface area contributed by atoms with Crippen LogP contribution in [0, 0.1) is 0 Å². The SMILES string of the molecule is CCOC(=O)CCC(O)CCC1CCC(C)O1. The second kappa shape index (κ2) is 7.67. The van der Waals surface area contributed by atoms with E-state index < -0.39 is 6.10 Å². The lowest BCUT2D eigenvalue weighted by Gasteiger charge is -2.14. The second-order valence-electron chi connectivity index (χ2n) is 4.72. The number of aliphatic hydroxyl groups excluding tert-OH is 1. The molecule has 1 rings (SSSR count). The molecule has 1 N–H and O–H groups in total. The summed E-state index contributed by atoms with van der Waals surface area (Å²) >= 11 is 0. The van der Waals surface area contributed by atoms with Crippen molar-refractivity contribution in [3.05, 3.63) is 0 Å². The molecule has 0 radical (unpaired) electrons. The van der Waals surface area contributed by atoms with E-state index >= 15 is 0 Å². The molecule has 17 heavy (non-hydrogen) atoms. The van der Waals surface area contributed by atoms with E-state index in [0.29, 0.717) is 38.1 Å². The molecule has 4 nitrogen and oxygen atoms in total. The lowest BCUT2D eigenvalue weighted by Crippen LogP contribution is -2.15. The summed E-state index contributed by atoms with van der Waals surface area (Å²) in [6.45, 7) is 4.27. The molecule has 0 bridgehead atoms. The minimum atomic E-state index is -0.418. The van der Waals surface area contributed by atoms with Crippen molar-refractivity contribution in [2.45, 2.75) is 70.7 Å². The first-order valence-corrected chi connectivity index (χ1v) is 6.61. The van der Waals surface area contributed by atoms with Crippen molar-refractivity contribution in [3.63, 3.8) is 0 Å². The first-order valence-electron chi connectivity index (χ1n) is 6.61. The van der Waals surface area contributed by atoms with Crippen molar-refractivity contribution in [2.24, 2.45) is 0 Å². The molecule has 1 aliphatic rings. The van der Waals surface area contributed by atoms with Crippen LogP contribution < -0.4 is 0 Å². The number of rotatable bonds is 7. The van der Waals surface area contributed by atoms with E-state index in [2.05, 4.69) is 6.92 Å². The molecule has 3 atom stereocenters. The standard InChI is InChI=1S/C13H24O4/c1-3-16-13(15)9-6-11(14)5-8-12-7-4-10(2)17-12/h10-12,14H,3-9H2,1-2H3. The van der Waals surface area contributed by atoms with Gasteiger partial charge in [-0.25, -0.2) is 0 Å². The highest BCUT2D eigenvalue weighted by atomic mass is 16.5. The molecular formula is C13H24O4. The summed E-state index contributed by atoms with van der Waals surface area (Å²) in [5, 5.41) is 9.73. The zero-order chi connectivity index (χ0) is 12.7. The molecule has 0 aromatic carbocycles. The molecule has 0 saturated carbocycles. The molecule has 0 aromatic heterocycles. The predicted octanol–water partition coefficient (Wildman–Crippen LogP) is 2.04. The fraction of sp³-hybridized carbons (Fsp3) is 0.923. The van der Waals surface area contributed by atoms with Gasteiger partial charge in [0.2, 0.25) is 0 Å². The van der Waals surface area contributed by atoms with Crippen LogP contribution >= 0.6 is 0 Å². The molecule has 1 heterocycles. The summed E-state index contributed by atoms with van der Waals surface area (Å²) < 4.78 is 10.5. The van der Waals surface area contributed by atoms with E-state index in [9.17, 15) is 9.90 Å². The lowest BCUT2D eigenvalue weighted by atomic mass is 10.0. The Labute approximate surface area is 103 Å². The van der Waals surface area contributed by atoms with Crippen LogP contribution in [0.25, 0.3) is 0 Å². The first-order chi connectivity index (χ1) is 8.11. The zero-order valence-electron chi connectivity index (χ0n) is 10.9. The summed E-state index contributed by atoms with van der Waals surface area (Å²) in [6, 6.07) is 0. The quantitative estimate of drug-likeness (QED) is 0.696. The van der Waals surface area contributed by atoms with Crippen molar-refractivity contribution in [1.29, 1.82) is 0 Å². The van der Waals surface area contributed by atoms with Crippen LogP contribution in [0.5, 0.6) is 0 Å². The van der Waals surface area contributed by atoms with E-state index in [1.54, 1.807) is 6.92 Å². The Morgan fingerprint density at radius 2 is 2.24 bits per heavy atom. The summed E-state index contributed by atoms with van der Waals surface area (Å²) in [6.07, 6.45) is 4.82. The van der Waals surface area contributed by atoms with Gasteiger partial charge in [-0.15, -0.1) is 0 Å². The van der Waals surface area contributed by atoms with E-state index in [4.69, 9.17) is 9.47 Å². The Hall–Kier alpha value is -0.610. The Bertz CT molecular complexity index is 229. The van der Waals surface area contributed by atoms with Crippen LogP contribution in [-0.2, 0) is 14.3 Å². The van der Waals surface area contributed by atoms with Gasteiger partial charge >= 0.3 is 5.97 Å². The van der Waals surface area contributed by atoms with E-state index in [-0.39, 0.29) is 5.97 Å². The molecular weight excluding hydrogens is 220 g/mol. The van der Waals surface area contributed by atoms with Gasteiger partial charge in [0, 0.05) is 6.42 Å². The number of aliphatic hydroxyl groups is 1. The molecule has 100 valence electrons. The minimum Gasteiger partial charge on any atom is -0.466 e. The van der Waals surface area contributed by atoms with Gasteiger partial charge in [-0.2, -0.15) is 0 Å². The lowest BCUT2D eigenvalue weighted by molar-refractivity contribution is -0.143. The fourth-order valence-electron chi connectivity index (χ4n) is 2.14. The minimum absolute atomic E-state index is 0.225. The highest BCUT2D eigenvalue weighted by Gasteiger charge is 2.22. The Morgan fingerprint density at radius 1 is 1.47 bits per heavy atom. The van der Waals surface area contributed by atoms with E-state index in [1.807, 2.05) is 0 Å². The molecule has 0 spiro atoms. The third-order valence-electron chi connectivity index (χ3n) is 3.13. The Balaban J connectivity index is 2.04. The van der Waals surface area contributed by atoms with Crippen LogP contribution in [0.15, 0.2) is 0 Å². The average molecular weight is 244 g/mol. The number of carbonyl (C=O) groups is 1. The Kier molecular flexibility index (Phi) is 6.52. The topological polar surface area (TPSA) is 55.8 Å². The zero-order valence-corrected chi connectivity index (χ0v) is 10.9. The highest BCUT2D eigenvalue weighted by molar-refractivity contribution is 5.69. The van der Waals surface area contributed by atoms with Gasteiger partial charge in [0.1, 0.15) is 0 Å². The van der Waals surface area contributed by atoms with Crippen LogP contribution in [0.4, 0.5) is 0 Å². The molecule has 0 aromatic rings. The summed E-state index contributed by atoms with van der Waals surface area (Å²) in [5.74, 6) is -0.225. The van der Waals surface area contributed by atoms with Crippen LogP contribution in [0.1, 0.15) is 52.4 Å². The first kappa shape index (κ1) is 14.5. The maximum Gasteiger partial charge on any atom is 0.305 e. The monoisotopic (exact) mass is 244 g/mol. The molecule has 0 amide bonds. The predicted molar refractivity (Wildman–Crippen MR) is 64.7 cm³/mol. The third kappa shape index (κ3) is 6.03. The number of carbonyl (C=O) groups excluding carboxylic acids is 1. The highest BCUT2D eigenvalue weighted by Crippen LogP contribution is 2.23. The largest absolute Gasteiger partial charge is 0.466 e. The number of ether oxygens (including phenoxy) is 2. The van der Waals surface area contributed by atoms with Crippen molar-refractivity contribution in [1.82, 2.24) is 0 Å². The van der Waals surface area contributed by atoms with Gasteiger partial charge in [0.05, 0.1) is 24.9 Å². The van der Waals surface area contributed by atoms with Gasteiger partial charge < -0.3 is 14.6 Å². The molecule has 1 aliphatic heterocycles. The van der Waals surface area contributed by atoms with Gasteiger partial charge in [0.15, 0.2) is 0 Å². The van der Waals surface area contributed by atoms with Gasteiger partial charge in [-0.3, -0.25) is 4.79 Å². The summed E-state index contributed by atoms with van der Waals surface area (Å²) in [5.41, 5.74) is 0. The molecule has 3 unspecified atom stereocenters. The molecule has 1 saturated heterocycles. The van der Waals surface area contributed by atoms with E-state index in [1.165, 1.54) is 0 Å². The summed E-state index contributed by atoms with van der Waals surface area (Å²) in [7, 11) is 0. The number of hydrogen-bond acceptors (Lipinski definition) is 4. The van der Waals surface area contributed by atoms with Crippen LogP contribution in [0.3, 0.4) is 0 Å². The van der Waals surface area contributed by atoms with Crippen molar-refractivity contribution in [3.8, 4) is 0 Å². The maximum absolute atomic E-state index is 11.1.